The molecule has 0 fully saturated rings. The molecule has 0 aliphatic rings. The van der Waals surface area contributed by atoms with Gasteiger partial charge in [0.1, 0.15) is 6.04 Å². The highest BCUT2D eigenvalue weighted by molar-refractivity contribution is 7.87. The molecule has 0 radical (unpaired) electrons. The standard InChI is InChI=1S/C26H32N4O5S2/c1-17(31)27-22(15-18-8-6-5-7-9-18)24(32)28-21(23-16-36-25(29-23)26(2,3)4)14-19-10-12-20(13-11-19)30-37(33,34)35/h5-13,16,21-22,30H,14-15H2,1-4H3,(H,27,31)(H,28,32)(H,33,34,35)/t21-,22-/m0/s1. The van der Waals surface area contributed by atoms with Crippen molar-refractivity contribution in [3.63, 3.8) is 0 Å². The first-order valence-corrected chi connectivity index (χ1v) is 14.0. The van der Waals surface area contributed by atoms with Gasteiger partial charge in [0.05, 0.1) is 22.4 Å². The summed E-state index contributed by atoms with van der Waals surface area (Å²) in [7, 11) is -4.38. The predicted molar refractivity (Wildman–Crippen MR) is 145 cm³/mol. The lowest BCUT2D eigenvalue weighted by molar-refractivity contribution is -0.128. The Morgan fingerprint density at radius 2 is 1.59 bits per heavy atom. The zero-order valence-corrected chi connectivity index (χ0v) is 22.8. The van der Waals surface area contributed by atoms with E-state index in [9.17, 15) is 18.0 Å². The molecule has 9 nitrogen and oxygen atoms in total. The van der Waals surface area contributed by atoms with E-state index in [2.05, 4.69) is 31.4 Å². The Balaban J connectivity index is 1.86. The molecule has 3 aromatic rings. The maximum Gasteiger partial charge on any atom is 0.357 e. The highest BCUT2D eigenvalue weighted by atomic mass is 32.2. The van der Waals surface area contributed by atoms with Crippen molar-refractivity contribution in [3.05, 3.63) is 81.8 Å². The minimum atomic E-state index is -4.38. The Bertz CT molecular complexity index is 1320. The van der Waals surface area contributed by atoms with E-state index in [4.69, 9.17) is 9.54 Å². The number of thiazole rings is 1. The summed E-state index contributed by atoms with van der Waals surface area (Å²) in [4.78, 5) is 30.1. The highest BCUT2D eigenvalue weighted by Gasteiger charge is 2.27. The van der Waals surface area contributed by atoms with Crippen molar-refractivity contribution < 1.29 is 22.6 Å². The van der Waals surface area contributed by atoms with Crippen molar-refractivity contribution in [3.8, 4) is 0 Å². The first-order chi connectivity index (χ1) is 17.3. The molecule has 3 rings (SSSR count). The lowest BCUT2D eigenvalue weighted by Crippen LogP contribution is -2.48. The van der Waals surface area contributed by atoms with Gasteiger partial charge in [0.2, 0.25) is 11.8 Å². The molecule has 0 spiro atoms. The quantitative estimate of drug-likeness (QED) is 0.287. The van der Waals surface area contributed by atoms with E-state index in [1.807, 2.05) is 40.4 Å². The van der Waals surface area contributed by atoms with Crippen LogP contribution in [-0.2, 0) is 38.1 Å². The van der Waals surface area contributed by atoms with Gasteiger partial charge >= 0.3 is 10.3 Å². The minimum Gasteiger partial charge on any atom is -0.346 e. The lowest BCUT2D eigenvalue weighted by Gasteiger charge is -2.23. The number of carbonyl (C=O) groups excluding carboxylic acids is 2. The van der Waals surface area contributed by atoms with Gasteiger partial charge in [-0.1, -0.05) is 63.2 Å². The summed E-state index contributed by atoms with van der Waals surface area (Å²) in [5.74, 6) is -0.641. The van der Waals surface area contributed by atoms with Crippen LogP contribution in [0.1, 0.15) is 55.6 Å². The number of carbonyl (C=O) groups is 2. The molecular formula is C26H32N4O5S2. The molecule has 2 aromatic carbocycles. The van der Waals surface area contributed by atoms with Crippen LogP contribution in [0.4, 0.5) is 5.69 Å². The second-order valence-electron chi connectivity index (χ2n) is 9.81. The SMILES string of the molecule is CC(=O)N[C@@H](Cc1ccccc1)C(=O)N[C@@H](Cc1ccc(NS(=O)(=O)O)cc1)c1csc(C(C)(C)C)n1. The van der Waals surface area contributed by atoms with Crippen LogP contribution < -0.4 is 15.4 Å². The van der Waals surface area contributed by atoms with Gasteiger partial charge in [-0.3, -0.25) is 18.9 Å². The third-order valence-electron chi connectivity index (χ3n) is 5.45. The number of aromatic nitrogens is 1. The van der Waals surface area contributed by atoms with E-state index < -0.39 is 22.4 Å². The van der Waals surface area contributed by atoms with E-state index >= 15 is 0 Å². The molecule has 0 aliphatic heterocycles. The Morgan fingerprint density at radius 1 is 0.973 bits per heavy atom. The van der Waals surface area contributed by atoms with E-state index in [0.29, 0.717) is 18.5 Å². The molecule has 198 valence electrons. The van der Waals surface area contributed by atoms with E-state index in [1.165, 1.54) is 30.4 Å². The molecule has 1 heterocycles. The number of anilines is 1. The largest absolute Gasteiger partial charge is 0.357 e. The van der Waals surface area contributed by atoms with Crippen LogP contribution in [0.15, 0.2) is 60.0 Å². The van der Waals surface area contributed by atoms with Crippen molar-refractivity contribution >= 4 is 39.1 Å². The van der Waals surface area contributed by atoms with E-state index in [1.54, 1.807) is 12.1 Å². The molecule has 11 heteroatoms. The van der Waals surface area contributed by atoms with Crippen LogP contribution in [0, 0.1) is 0 Å². The topological polar surface area (TPSA) is 137 Å². The maximum absolute atomic E-state index is 13.4. The third kappa shape index (κ3) is 8.96. The van der Waals surface area contributed by atoms with Crippen LogP contribution in [0.5, 0.6) is 0 Å². The lowest BCUT2D eigenvalue weighted by atomic mass is 9.98. The van der Waals surface area contributed by atoms with Gasteiger partial charge in [-0.25, -0.2) is 4.98 Å². The summed E-state index contributed by atoms with van der Waals surface area (Å²) >= 11 is 1.52. The second kappa shape index (κ2) is 11.8. The second-order valence-corrected chi connectivity index (χ2v) is 11.8. The molecule has 37 heavy (non-hydrogen) atoms. The van der Waals surface area contributed by atoms with Crippen LogP contribution in [0.3, 0.4) is 0 Å². The van der Waals surface area contributed by atoms with Crippen molar-refractivity contribution in [2.45, 2.75) is 58.0 Å². The molecule has 2 amide bonds. The number of hydrogen-bond acceptors (Lipinski definition) is 6. The Kier molecular flexibility index (Phi) is 9.06. The zero-order valence-electron chi connectivity index (χ0n) is 21.2. The van der Waals surface area contributed by atoms with Gasteiger partial charge in [-0.2, -0.15) is 8.42 Å². The number of hydrogen-bond donors (Lipinski definition) is 4. The minimum absolute atomic E-state index is 0.160. The number of amides is 2. The summed E-state index contributed by atoms with van der Waals surface area (Å²) in [6.45, 7) is 7.57. The average Bonchev–Trinajstić information content (AvgIpc) is 3.30. The zero-order chi connectivity index (χ0) is 27.2. The molecule has 0 aliphatic carbocycles. The smallest absolute Gasteiger partial charge is 0.346 e. The fraction of sp³-hybridized carbons (Fsp3) is 0.346. The Hall–Kier alpha value is -3.28. The molecule has 0 saturated heterocycles. The van der Waals surface area contributed by atoms with Crippen molar-refractivity contribution in [2.75, 3.05) is 4.72 Å². The summed E-state index contributed by atoms with van der Waals surface area (Å²) in [6, 6.07) is 14.6. The van der Waals surface area contributed by atoms with Gasteiger partial charge in [0, 0.05) is 24.1 Å². The van der Waals surface area contributed by atoms with Crippen LogP contribution in [-0.4, -0.2) is 35.8 Å². The maximum atomic E-state index is 13.4. The average molecular weight is 545 g/mol. The van der Waals surface area contributed by atoms with Crippen molar-refractivity contribution in [1.82, 2.24) is 15.6 Å². The normalized spacial score (nSPS) is 13.4. The number of benzene rings is 2. The molecule has 4 N–H and O–H groups in total. The van der Waals surface area contributed by atoms with Crippen molar-refractivity contribution in [1.29, 1.82) is 0 Å². The van der Waals surface area contributed by atoms with Gasteiger partial charge in [-0.15, -0.1) is 11.3 Å². The fourth-order valence-corrected chi connectivity index (χ4v) is 5.09. The van der Waals surface area contributed by atoms with E-state index in [-0.39, 0.29) is 22.9 Å². The van der Waals surface area contributed by atoms with Gasteiger partial charge in [0.25, 0.3) is 0 Å². The number of nitrogens with zero attached hydrogens (tertiary/aromatic N) is 1. The molecule has 0 bridgehead atoms. The molecule has 2 atom stereocenters. The number of nitrogens with one attached hydrogen (secondary N) is 3. The Labute approximate surface area is 221 Å². The monoisotopic (exact) mass is 544 g/mol. The molecule has 0 saturated carbocycles. The van der Waals surface area contributed by atoms with Crippen LogP contribution in [0.2, 0.25) is 0 Å². The van der Waals surface area contributed by atoms with Gasteiger partial charge in [-0.05, 0) is 29.7 Å². The molecule has 1 aromatic heterocycles. The van der Waals surface area contributed by atoms with Gasteiger partial charge < -0.3 is 10.6 Å². The summed E-state index contributed by atoms with van der Waals surface area (Å²) in [6.07, 6.45) is 0.711. The summed E-state index contributed by atoms with van der Waals surface area (Å²) in [5.41, 5.74) is 2.48. The molecular weight excluding hydrogens is 512 g/mol. The molecule has 0 unspecified atom stereocenters. The fourth-order valence-electron chi connectivity index (χ4n) is 3.69. The van der Waals surface area contributed by atoms with E-state index in [0.717, 1.165) is 16.1 Å². The highest BCUT2D eigenvalue weighted by Crippen LogP contribution is 2.29. The predicted octanol–water partition coefficient (Wildman–Crippen LogP) is 3.80. The summed E-state index contributed by atoms with van der Waals surface area (Å²) < 4.78 is 33.2. The van der Waals surface area contributed by atoms with Gasteiger partial charge in [0.15, 0.2) is 0 Å². The third-order valence-corrected chi connectivity index (χ3v) is 7.23. The van der Waals surface area contributed by atoms with Crippen molar-refractivity contribution in [2.24, 2.45) is 0 Å². The summed E-state index contributed by atoms with van der Waals surface area (Å²) in [5, 5.41) is 8.66. The number of rotatable bonds is 10. The first-order valence-electron chi connectivity index (χ1n) is 11.7. The van der Waals surface area contributed by atoms with Crippen LogP contribution >= 0.6 is 11.3 Å². The first kappa shape index (κ1) is 28.3. The Morgan fingerprint density at radius 3 is 2.14 bits per heavy atom. The van der Waals surface area contributed by atoms with Crippen LogP contribution in [0.25, 0.3) is 0 Å².